The lowest BCUT2D eigenvalue weighted by molar-refractivity contribution is -0.143. The molecule has 0 aliphatic carbocycles. The van der Waals surface area contributed by atoms with Gasteiger partial charge in [0.1, 0.15) is 0 Å². The molecule has 0 radical (unpaired) electrons. The van der Waals surface area contributed by atoms with Crippen LogP contribution in [-0.2, 0) is 24.3 Å². The third-order valence-corrected chi connectivity index (χ3v) is 7.17. The lowest BCUT2D eigenvalue weighted by atomic mass is 10.1. The zero-order valence-corrected chi connectivity index (χ0v) is 16.6. The average Bonchev–Trinajstić information content (AvgIpc) is 3.12. The van der Waals surface area contributed by atoms with Gasteiger partial charge < -0.3 is 4.74 Å². The van der Waals surface area contributed by atoms with Gasteiger partial charge in [-0.3, -0.25) is 14.5 Å². The molecule has 2 saturated heterocycles. The van der Waals surface area contributed by atoms with E-state index in [-0.39, 0.29) is 22.4 Å². The minimum Gasteiger partial charge on any atom is -0.452 e. The Morgan fingerprint density at radius 1 is 1.11 bits per heavy atom. The summed E-state index contributed by atoms with van der Waals surface area (Å²) >= 11 is 0. The Morgan fingerprint density at radius 3 is 2.43 bits per heavy atom. The monoisotopic (exact) mass is 408 g/mol. The number of imide groups is 1. The number of ether oxygens (including phenoxy) is 1. The summed E-state index contributed by atoms with van der Waals surface area (Å²) in [6.45, 7) is 2.21. The molecule has 1 atom stereocenters. The van der Waals surface area contributed by atoms with Crippen molar-refractivity contribution in [3.8, 4) is 0 Å². The van der Waals surface area contributed by atoms with E-state index in [9.17, 15) is 22.8 Å². The highest BCUT2D eigenvalue weighted by Gasteiger charge is 2.31. The first-order valence-electron chi connectivity index (χ1n) is 9.43. The van der Waals surface area contributed by atoms with Crippen LogP contribution in [-0.4, -0.2) is 61.1 Å². The fraction of sp³-hybridized carbons (Fsp3) is 0.526. The fourth-order valence-electron chi connectivity index (χ4n) is 3.53. The van der Waals surface area contributed by atoms with Gasteiger partial charge in [0.15, 0.2) is 6.61 Å². The summed E-state index contributed by atoms with van der Waals surface area (Å²) in [7, 11) is -3.61. The van der Waals surface area contributed by atoms with Crippen molar-refractivity contribution < 1.29 is 27.5 Å². The van der Waals surface area contributed by atoms with Gasteiger partial charge in [-0.25, -0.2) is 13.2 Å². The third kappa shape index (κ3) is 4.25. The van der Waals surface area contributed by atoms with Crippen LogP contribution in [0.3, 0.4) is 0 Å². The first-order chi connectivity index (χ1) is 13.3. The van der Waals surface area contributed by atoms with Crippen LogP contribution < -0.4 is 0 Å². The summed E-state index contributed by atoms with van der Waals surface area (Å²) in [5.41, 5.74) is 0.145. The quantitative estimate of drug-likeness (QED) is 0.685. The normalized spacial score (nSPS) is 21.0. The van der Waals surface area contributed by atoms with E-state index in [2.05, 4.69) is 0 Å². The molecule has 0 aromatic heterocycles. The van der Waals surface area contributed by atoms with Crippen molar-refractivity contribution in [2.24, 2.45) is 0 Å². The molecule has 1 aromatic rings. The number of sulfonamides is 1. The van der Waals surface area contributed by atoms with Crippen LogP contribution in [0.25, 0.3) is 0 Å². The molecule has 0 bridgehead atoms. The van der Waals surface area contributed by atoms with Gasteiger partial charge >= 0.3 is 5.97 Å². The first kappa shape index (κ1) is 20.5. The van der Waals surface area contributed by atoms with Crippen molar-refractivity contribution in [3.05, 3.63) is 29.8 Å². The summed E-state index contributed by atoms with van der Waals surface area (Å²) < 4.78 is 32.1. The Hall–Kier alpha value is -2.26. The van der Waals surface area contributed by atoms with E-state index in [1.54, 1.807) is 0 Å². The lowest BCUT2D eigenvalue weighted by Crippen LogP contribution is -2.41. The Bertz CT molecular complexity index is 865. The maximum atomic E-state index is 12.8. The summed E-state index contributed by atoms with van der Waals surface area (Å²) in [4.78, 5) is 36.8. The molecule has 8 nitrogen and oxygen atoms in total. The van der Waals surface area contributed by atoms with E-state index in [1.165, 1.54) is 28.6 Å². The Kier molecular flexibility index (Phi) is 6.14. The maximum absolute atomic E-state index is 12.8. The molecule has 3 rings (SSSR count). The highest BCUT2D eigenvalue weighted by atomic mass is 32.2. The van der Waals surface area contributed by atoms with Crippen molar-refractivity contribution in [1.29, 1.82) is 0 Å². The van der Waals surface area contributed by atoms with Crippen LogP contribution in [0.1, 0.15) is 49.4 Å². The molecular weight excluding hydrogens is 384 g/mol. The minimum atomic E-state index is -3.61. The second-order valence-electron chi connectivity index (χ2n) is 7.10. The minimum absolute atomic E-state index is 0.0531. The number of nitrogens with zero attached hydrogens (tertiary/aromatic N) is 2. The Morgan fingerprint density at radius 2 is 1.82 bits per heavy atom. The predicted octanol–water partition coefficient (Wildman–Crippen LogP) is 1.56. The predicted molar refractivity (Wildman–Crippen MR) is 99.9 cm³/mol. The Balaban J connectivity index is 1.62. The summed E-state index contributed by atoms with van der Waals surface area (Å²) in [6, 6.07) is 5.44. The van der Waals surface area contributed by atoms with Gasteiger partial charge in [0.25, 0.3) is 5.91 Å². The van der Waals surface area contributed by atoms with E-state index >= 15 is 0 Å². The van der Waals surface area contributed by atoms with E-state index in [1.807, 2.05) is 6.92 Å². The van der Waals surface area contributed by atoms with Crippen LogP contribution in [0.4, 0.5) is 0 Å². The van der Waals surface area contributed by atoms with Gasteiger partial charge in [0, 0.05) is 25.6 Å². The number of hydrogen-bond donors (Lipinski definition) is 0. The standard InChI is InChI=1S/C19H24N2O6S/c1-14-5-2-3-12-21(14)28(25,26)16-9-7-15(8-10-16)19(24)27-13-18(23)20-11-4-6-17(20)22/h7-10,14H,2-6,11-13H2,1H3/t14-/m0/s1. The number of esters is 1. The average molecular weight is 408 g/mol. The van der Waals surface area contributed by atoms with E-state index in [0.717, 1.165) is 24.2 Å². The molecule has 0 spiro atoms. The molecule has 1 aromatic carbocycles. The highest BCUT2D eigenvalue weighted by molar-refractivity contribution is 7.89. The fourth-order valence-corrected chi connectivity index (χ4v) is 5.23. The van der Waals surface area contributed by atoms with Crippen molar-refractivity contribution in [2.45, 2.75) is 50.0 Å². The van der Waals surface area contributed by atoms with E-state index in [4.69, 9.17) is 4.74 Å². The molecule has 2 amide bonds. The molecular formula is C19H24N2O6S. The number of benzene rings is 1. The number of carbonyl (C=O) groups excluding carboxylic acids is 3. The highest BCUT2D eigenvalue weighted by Crippen LogP contribution is 2.25. The number of hydrogen-bond acceptors (Lipinski definition) is 6. The van der Waals surface area contributed by atoms with Gasteiger partial charge in [-0.15, -0.1) is 0 Å². The van der Waals surface area contributed by atoms with Gasteiger partial charge in [-0.2, -0.15) is 4.31 Å². The third-order valence-electron chi connectivity index (χ3n) is 5.14. The van der Waals surface area contributed by atoms with Crippen molar-refractivity contribution in [3.63, 3.8) is 0 Å². The van der Waals surface area contributed by atoms with Gasteiger partial charge in [0.2, 0.25) is 15.9 Å². The molecule has 2 fully saturated rings. The smallest absolute Gasteiger partial charge is 0.338 e. The number of carbonyl (C=O) groups is 3. The molecule has 0 saturated carbocycles. The maximum Gasteiger partial charge on any atom is 0.338 e. The van der Waals surface area contributed by atoms with Gasteiger partial charge in [0.05, 0.1) is 10.5 Å². The zero-order chi connectivity index (χ0) is 20.3. The van der Waals surface area contributed by atoms with E-state index in [0.29, 0.717) is 25.9 Å². The van der Waals surface area contributed by atoms with Crippen LogP contribution in [0.15, 0.2) is 29.2 Å². The summed E-state index contributed by atoms with van der Waals surface area (Å²) in [6.07, 6.45) is 3.62. The van der Waals surface area contributed by atoms with Crippen LogP contribution >= 0.6 is 0 Å². The second-order valence-corrected chi connectivity index (χ2v) is 8.99. The van der Waals surface area contributed by atoms with Crippen molar-refractivity contribution >= 4 is 27.8 Å². The molecule has 0 unspecified atom stereocenters. The molecule has 2 heterocycles. The van der Waals surface area contributed by atoms with Crippen molar-refractivity contribution in [2.75, 3.05) is 19.7 Å². The van der Waals surface area contributed by atoms with Crippen molar-refractivity contribution in [1.82, 2.24) is 9.21 Å². The SMILES string of the molecule is C[C@H]1CCCCN1S(=O)(=O)c1ccc(C(=O)OCC(=O)N2CCCC2=O)cc1. The van der Waals surface area contributed by atoms with Gasteiger partial charge in [-0.1, -0.05) is 6.42 Å². The van der Waals surface area contributed by atoms with Gasteiger partial charge in [-0.05, 0) is 50.5 Å². The topological polar surface area (TPSA) is 101 Å². The molecule has 9 heteroatoms. The largest absolute Gasteiger partial charge is 0.452 e. The zero-order valence-electron chi connectivity index (χ0n) is 15.8. The number of amides is 2. The molecule has 0 N–H and O–H groups in total. The number of likely N-dealkylation sites (tertiary alicyclic amines) is 1. The van der Waals surface area contributed by atoms with Crippen LogP contribution in [0.2, 0.25) is 0 Å². The summed E-state index contributed by atoms with van der Waals surface area (Å²) in [5.74, 6) is -1.55. The lowest BCUT2D eigenvalue weighted by Gasteiger charge is -2.32. The number of piperidine rings is 1. The molecule has 28 heavy (non-hydrogen) atoms. The molecule has 152 valence electrons. The molecule has 2 aliphatic heterocycles. The summed E-state index contributed by atoms with van der Waals surface area (Å²) in [5, 5.41) is 0. The van der Waals surface area contributed by atoms with E-state index < -0.39 is 28.5 Å². The number of rotatable bonds is 5. The second kappa shape index (κ2) is 8.40. The molecule has 2 aliphatic rings. The van der Waals surface area contributed by atoms with Crippen LogP contribution in [0, 0.1) is 0 Å². The first-order valence-corrected chi connectivity index (χ1v) is 10.9. The Labute approximate surface area is 164 Å². The van der Waals surface area contributed by atoms with Crippen LogP contribution in [0.5, 0.6) is 0 Å².